The van der Waals surface area contributed by atoms with Gasteiger partial charge in [-0.2, -0.15) is 11.8 Å². The number of β-lactam (4-membered cyclic amide) rings is 1. The summed E-state index contributed by atoms with van der Waals surface area (Å²) >= 11 is 2.60. The van der Waals surface area contributed by atoms with Crippen molar-refractivity contribution in [1.29, 1.82) is 0 Å². The molecule has 1 fully saturated rings. The van der Waals surface area contributed by atoms with Crippen molar-refractivity contribution in [1.82, 2.24) is 15.2 Å². The van der Waals surface area contributed by atoms with Gasteiger partial charge in [0.1, 0.15) is 11.7 Å². The number of carbonyl (C=O) groups excluding carboxylic acids is 2. The van der Waals surface area contributed by atoms with E-state index >= 15 is 0 Å². The minimum atomic E-state index is -1.21. The van der Waals surface area contributed by atoms with Crippen LogP contribution < -0.4 is 11.1 Å². The number of thiazole rings is 1. The van der Waals surface area contributed by atoms with E-state index in [9.17, 15) is 19.5 Å². The molecule has 0 saturated carbocycles. The molecule has 2 rings (SSSR count). The number of carbonyl (C=O) groups is 3. The maximum Gasteiger partial charge on any atom is 0.352 e. The molecular weight excluding hydrogens is 376 g/mol. The first-order valence-electron chi connectivity index (χ1n) is 7.40. The second-order valence-electron chi connectivity index (χ2n) is 5.34. The highest BCUT2D eigenvalue weighted by Crippen LogP contribution is 2.24. The number of carboxylic acid groups (broad SMARTS) is 1. The van der Waals surface area contributed by atoms with E-state index in [0.717, 1.165) is 4.90 Å². The van der Waals surface area contributed by atoms with Crippen LogP contribution in [0.4, 0.5) is 5.13 Å². The van der Waals surface area contributed by atoms with Crippen LogP contribution in [0.3, 0.4) is 0 Å². The lowest BCUT2D eigenvalue weighted by molar-refractivity contribution is -0.148. The van der Waals surface area contributed by atoms with Crippen LogP contribution >= 0.6 is 23.1 Å². The number of amides is 2. The summed E-state index contributed by atoms with van der Waals surface area (Å²) in [7, 11) is 0. The maximum atomic E-state index is 12.3. The van der Waals surface area contributed by atoms with Crippen LogP contribution in [0.5, 0.6) is 0 Å². The third kappa shape index (κ3) is 3.97. The van der Waals surface area contributed by atoms with Gasteiger partial charge in [0.25, 0.3) is 11.8 Å². The highest BCUT2D eigenvalue weighted by atomic mass is 32.2. The monoisotopic (exact) mass is 394 g/mol. The van der Waals surface area contributed by atoms with Crippen molar-refractivity contribution >= 4 is 51.6 Å². The maximum absolute atomic E-state index is 12.3. The zero-order chi connectivity index (χ0) is 19.4. The number of likely N-dealkylation sites (tertiary alicyclic amines) is 1. The molecule has 0 bridgehead atoms. The Morgan fingerprint density at radius 1 is 1.62 bits per heavy atom. The third-order valence-corrected chi connectivity index (χ3v) is 4.94. The summed E-state index contributed by atoms with van der Waals surface area (Å²) in [6.07, 6.45) is 3.24. The fourth-order valence-corrected chi connectivity index (χ4v) is 3.47. The molecule has 2 heterocycles. The molecule has 1 aliphatic rings. The first-order valence-corrected chi connectivity index (χ1v) is 9.67. The largest absolute Gasteiger partial charge is 0.477 e. The van der Waals surface area contributed by atoms with Gasteiger partial charge in [-0.05, 0) is 11.8 Å². The molecule has 138 valence electrons. The molecule has 26 heavy (non-hydrogen) atoms. The molecule has 10 heteroatoms. The Balaban J connectivity index is 2.07. The summed E-state index contributed by atoms with van der Waals surface area (Å²) in [6.45, 7) is 7.32. The van der Waals surface area contributed by atoms with Crippen molar-refractivity contribution in [2.75, 3.05) is 24.3 Å². The van der Waals surface area contributed by atoms with Crippen LogP contribution in [-0.2, 0) is 14.4 Å². The predicted octanol–water partition coefficient (Wildman–Crippen LogP) is 0.953. The van der Waals surface area contributed by atoms with Gasteiger partial charge in [-0.3, -0.25) is 9.59 Å². The lowest BCUT2D eigenvalue weighted by atomic mass is 10.0. The Morgan fingerprint density at radius 3 is 2.77 bits per heavy atom. The SMILES string of the molecule is C=C/C(CSC)=C(\C(=O)O)N1C[C@H](NC(=O)C(=C)c2csc(N)n2)C1=O. The number of aromatic nitrogens is 1. The minimum absolute atomic E-state index is 0.0599. The van der Waals surface area contributed by atoms with E-state index < -0.39 is 23.8 Å². The topological polar surface area (TPSA) is 126 Å². The van der Waals surface area contributed by atoms with Crippen LogP contribution in [-0.4, -0.2) is 57.4 Å². The van der Waals surface area contributed by atoms with E-state index in [0.29, 0.717) is 22.2 Å². The summed E-state index contributed by atoms with van der Waals surface area (Å²) in [4.78, 5) is 41.2. The van der Waals surface area contributed by atoms with Crippen LogP contribution in [0, 0.1) is 0 Å². The highest BCUT2D eigenvalue weighted by molar-refractivity contribution is 7.98. The Labute approximate surface area is 158 Å². The molecule has 4 N–H and O–H groups in total. The molecule has 0 unspecified atom stereocenters. The molecule has 0 radical (unpaired) electrons. The molecule has 1 saturated heterocycles. The van der Waals surface area contributed by atoms with E-state index in [1.54, 1.807) is 5.38 Å². The van der Waals surface area contributed by atoms with Crippen molar-refractivity contribution in [3.8, 4) is 0 Å². The minimum Gasteiger partial charge on any atom is -0.477 e. The molecule has 1 aliphatic heterocycles. The van der Waals surface area contributed by atoms with Gasteiger partial charge in [0, 0.05) is 11.1 Å². The molecule has 0 aliphatic carbocycles. The first kappa shape index (κ1) is 19.7. The van der Waals surface area contributed by atoms with Gasteiger partial charge in [-0.25, -0.2) is 9.78 Å². The molecule has 8 nitrogen and oxygen atoms in total. The van der Waals surface area contributed by atoms with Gasteiger partial charge < -0.3 is 21.1 Å². The molecule has 0 spiro atoms. The Hall–Kier alpha value is -2.59. The fraction of sp³-hybridized carbons (Fsp3) is 0.250. The number of hydrogen-bond acceptors (Lipinski definition) is 7. The van der Waals surface area contributed by atoms with Gasteiger partial charge >= 0.3 is 5.97 Å². The van der Waals surface area contributed by atoms with Crippen molar-refractivity contribution in [3.05, 3.63) is 41.6 Å². The lowest BCUT2D eigenvalue weighted by Crippen LogP contribution is -2.64. The first-order chi connectivity index (χ1) is 12.3. The van der Waals surface area contributed by atoms with Gasteiger partial charge in [0.05, 0.1) is 17.8 Å². The van der Waals surface area contributed by atoms with Crippen molar-refractivity contribution in [2.24, 2.45) is 0 Å². The van der Waals surface area contributed by atoms with Gasteiger partial charge in [0.15, 0.2) is 5.13 Å². The summed E-state index contributed by atoms with van der Waals surface area (Å²) < 4.78 is 0. The lowest BCUT2D eigenvalue weighted by Gasteiger charge is -2.39. The standard InChI is InChI=1S/C16H18N4O4S2/c1-4-9(6-25-3)12(15(23)24)20-5-10(14(20)22)18-13(21)8(2)11-7-26-16(17)19-11/h4,7,10H,1-2,5-6H2,3H3,(H2,17,19)(H,18,21)(H,23,24)/b12-9-/t10-/m0/s1. The highest BCUT2D eigenvalue weighted by Gasteiger charge is 2.42. The number of carboxylic acids is 1. The number of hydrogen-bond donors (Lipinski definition) is 3. The quantitative estimate of drug-likeness (QED) is 0.340. The van der Waals surface area contributed by atoms with Crippen LogP contribution in [0.15, 0.2) is 35.9 Å². The van der Waals surface area contributed by atoms with Gasteiger partial charge in [-0.1, -0.05) is 19.2 Å². The Kier molecular flexibility index (Phi) is 6.22. The molecule has 2 amide bonds. The van der Waals surface area contributed by atoms with Gasteiger partial charge in [0.2, 0.25) is 0 Å². The van der Waals surface area contributed by atoms with Crippen molar-refractivity contribution in [3.63, 3.8) is 0 Å². The normalized spacial score (nSPS) is 17.2. The number of thioether (sulfide) groups is 1. The zero-order valence-corrected chi connectivity index (χ0v) is 15.7. The summed E-state index contributed by atoms with van der Waals surface area (Å²) in [6, 6.07) is -0.815. The Morgan fingerprint density at radius 2 is 2.31 bits per heavy atom. The zero-order valence-electron chi connectivity index (χ0n) is 14.0. The van der Waals surface area contributed by atoms with E-state index in [-0.39, 0.29) is 17.8 Å². The molecular formula is C16H18N4O4S2. The number of anilines is 1. The number of rotatable bonds is 8. The molecule has 1 atom stereocenters. The number of allylic oxidation sites excluding steroid dienone is 1. The average molecular weight is 394 g/mol. The number of nitrogen functional groups attached to an aromatic ring is 1. The molecule has 1 aromatic heterocycles. The number of nitrogens with two attached hydrogens (primary N) is 1. The van der Waals surface area contributed by atoms with Gasteiger partial charge in [-0.15, -0.1) is 11.3 Å². The van der Waals surface area contributed by atoms with E-state index in [4.69, 9.17) is 5.73 Å². The van der Waals surface area contributed by atoms with E-state index in [2.05, 4.69) is 23.5 Å². The second kappa shape index (κ2) is 8.19. The third-order valence-electron chi connectivity index (χ3n) is 3.66. The molecule has 1 aromatic rings. The second-order valence-corrected chi connectivity index (χ2v) is 7.10. The van der Waals surface area contributed by atoms with Crippen molar-refractivity contribution in [2.45, 2.75) is 6.04 Å². The Bertz CT molecular complexity index is 815. The van der Waals surface area contributed by atoms with Crippen LogP contribution in [0.25, 0.3) is 5.57 Å². The predicted molar refractivity (Wildman–Crippen MR) is 102 cm³/mol. The number of nitrogens with zero attached hydrogens (tertiary/aromatic N) is 2. The van der Waals surface area contributed by atoms with Crippen LogP contribution in [0.2, 0.25) is 0 Å². The smallest absolute Gasteiger partial charge is 0.352 e. The summed E-state index contributed by atoms with van der Waals surface area (Å²) in [5.41, 5.74) is 6.29. The summed E-state index contributed by atoms with van der Waals surface area (Å²) in [5, 5.41) is 13.9. The number of nitrogens with one attached hydrogen (secondary N) is 1. The number of aliphatic carboxylic acids is 1. The van der Waals surface area contributed by atoms with Crippen LogP contribution in [0.1, 0.15) is 5.69 Å². The van der Waals surface area contributed by atoms with E-state index in [1.165, 1.54) is 29.2 Å². The summed E-state index contributed by atoms with van der Waals surface area (Å²) in [5.74, 6) is -1.85. The average Bonchev–Trinajstić information content (AvgIpc) is 3.04. The fourth-order valence-electron chi connectivity index (χ4n) is 2.33. The van der Waals surface area contributed by atoms with Crippen molar-refractivity contribution < 1.29 is 19.5 Å². The molecule has 0 aromatic carbocycles. The van der Waals surface area contributed by atoms with E-state index in [1.807, 2.05) is 6.26 Å².